The highest BCUT2D eigenvalue weighted by atomic mass is 16.6. The van der Waals surface area contributed by atoms with Crippen LogP contribution in [0.1, 0.15) is 23.5 Å². The highest BCUT2D eigenvalue weighted by Crippen LogP contribution is 2.45. The number of ether oxygens (including phenoxy) is 2. The van der Waals surface area contributed by atoms with Crippen molar-refractivity contribution in [3.05, 3.63) is 59.7 Å². The lowest BCUT2D eigenvalue weighted by molar-refractivity contribution is -0.165. The Morgan fingerprint density at radius 1 is 1.07 bits per heavy atom. The van der Waals surface area contributed by atoms with Gasteiger partial charge in [0, 0.05) is 12.5 Å². The highest BCUT2D eigenvalue weighted by Gasteiger charge is 2.59. The number of benzene rings is 2. The van der Waals surface area contributed by atoms with Gasteiger partial charge in [-0.05, 0) is 28.7 Å². The monoisotopic (exact) mass is 379 g/mol. The average Bonchev–Trinajstić information content (AvgIpc) is 3.23. The van der Waals surface area contributed by atoms with Crippen LogP contribution in [0.5, 0.6) is 0 Å². The van der Waals surface area contributed by atoms with E-state index < -0.39 is 23.5 Å². The van der Waals surface area contributed by atoms with Crippen molar-refractivity contribution in [2.45, 2.75) is 17.9 Å². The molecule has 2 heterocycles. The van der Waals surface area contributed by atoms with E-state index in [0.29, 0.717) is 13.0 Å². The molecule has 6 nitrogen and oxygen atoms in total. The third kappa shape index (κ3) is 2.37. The van der Waals surface area contributed by atoms with Gasteiger partial charge in [-0.15, -0.1) is 0 Å². The lowest BCUT2D eigenvalue weighted by Crippen LogP contribution is -2.65. The molecule has 2 fully saturated rings. The Labute approximate surface area is 162 Å². The molecule has 2 aliphatic heterocycles. The van der Waals surface area contributed by atoms with Crippen molar-refractivity contribution >= 4 is 12.1 Å². The SMILES string of the molecule is O=C(O)C1CCN(C(=O)OCC2c3ccccc3-c3ccccc32)C12COC2. The normalized spacial score (nSPS) is 21.9. The minimum absolute atomic E-state index is 0.0113. The van der Waals surface area contributed by atoms with Crippen molar-refractivity contribution in [3.8, 4) is 11.1 Å². The van der Waals surface area contributed by atoms with E-state index in [1.165, 1.54) is 11.1 Å². The van der Waals surface area contributed by atoms with Gasteiger partial charge in [0.15, 0.2) is 0 Å². The van der Waals surface area contributed by atoms with Gasteiger partial charge in [0.1, 0.15) is 12.1 Å². The molecule has 3 aliphatic rings. The Kier molecular flexibility index (Phi) is 3.91. The molecule has 144 valence electrons. The first-order chi connectivity index (χ1) is 13.6. The van der Waals surface area contributed by atoms with Crippen LogP contribution in [0.25, 0.3) is 11.1 Å². The first kappa shape index (κ1) is 17.3. The van der Waals surface area contributed by atoms with Crippen molar-refractivity contribution < 1.29 is 24.2 Å². The number of carboxylic acid groups (broad SMARTS) is 1. The molecule has 28 heavy (non-hydrogen) atoms. The van der Waals surface area contributed by atoms with Crippen molar-refractivity contribution in [1.82, 2.24) is 4.90 Å². The summed E-state index contributed by atoms with van der Waals surface area (Å²) in [6.07, 6.45) is -0.0167. The van der Waals surface area contributed by atoms with Crippen molar-refractivity contribution in [1.29, 1.82) is 0 Å². The maximum Gasteiger partial charge on any atom is 0.410 e. The number of carbonyl (C=O) groups excluding carboxylic acids is 1. The summed E-state index contributed by atoms with van der Waals surface area (Å²) in [6.45, 7) is 1.14. The molecule has 1 spiro atoms. The van der Waals surface area contributed by atoms with E-state index in [9.17, 15) is 14.7 Å². The number of carbonyl (C=O) groups is 2. The number of fused-ring (bicyclic) bond motifs is 3. The lowest BCUT2D eigenvalue weighted by Gasteiger charge is -2.46. The lowest BCUT2D eigenvalue weighted by atomic mass is 9.83. The molecule has 1 aliphatic carbocycles. The Morgan fingerprint density at radius 3 is 2.21 bits per heavy atom. The van der Waals surface area contributed by atoms with Gasteiger partial charge in [-0.1, -0.05) is 48.5 Å². The number of hydrogen-bond acceptors (Lipinski definition) is 4. The summed E-state index contributed by atoms with van der Waals surface area (Å²) in [5, 5.41) is 9.50. The summed E-state index contributed by atoms with van der Waals surface area (Å²) < 4.78 is 11.0. The predicted molar refractivity (Wildman–Crippen MR) is 101 cm³/mol. The zero-order valence-electron chi connectivity index (χ0n) is 15.3. The fourth-order valence-electron chi connectivity index (χ4n) is 4.90. The van der Waals surface area contributed by atoms with E-state index in [1.54, 1.807) is 4.90 Å². The van der Waals surface area contributed by atoms with Crippen molar-refractivity contribution in [3.63, 3.8) is 0 Å². The van der Waals surface area contributed by atoms with Crippen LogP contribution in [0.2, 0.25) is 0 Å². The number of hydrogen-bond donors (Lipinski definition) is 1. The molecule has 1 amide bonds. The second-order valence-electron chi connectivity index (χ2n) is 7.73. The van der Waals surface area contributed by atoms with Gasteiger partial charge in [-0.3, -0.25) is 9.69 Å². The molecule has 0 aromatic heterocycles. The minimum Gasteiger partial charge on any atom is -0.481 e. The number of rotatable bonds is 3. The molecular formula is C22H21NO5. The maximum atomic E-state index is 12.9. The molecule has 0 radical (unpaired) electrons. The number of aliphatic carboxylic acids is 1. The molecule has 5 rings (SSSR count). The quantitative estimate of drug-likeness (QED) is 0.887. The van der Waals surface area contributed by atoms with Crippen LogP contribution in [0.4, 0.5) is 4.79 Å². The van der Waals surface area contributed by atoms with Crippen LogP contribution >= 0.6 is 0 Å². The molecule has 1 N–H and O–H groups in total. The minimum atomic E-state index is -0.878. The standard InChI is InChI=1S/C22H21NO5/c24-20(25)19-9-10-23(22(19)12-27-13-22)21(26)28-11-18-16-7-3-1-5-14(16)15-6-2-4-8-17(15)18/h1-8,18-19H,9-13H2,(H,24,25). The van der Waals surface area contributed by atoms with Crippen molar-refractivity contribution in [2.24, 2.45) is 5.92 Å². The van der Waals surface area contributed by atoms with E-state index in [2.05, 4.69) is 24.3 Å². The van der Waals surface area contributed by atoms with Crippen LogP contribution in [-0.2, 0) is 14.3 Å². The molecule has 0 bridgehead atoms. The number of amides is 1. The van der Waals surface area contributed by atoms with Gasteiger partial charge in [0.05, 0.1) is 19.1 Å². The highest BCUT2D eigenvalue weighted by molar-refractivity contribution is 5.80. The summed E-state index contributed by atoms with van der Waals surface area (Å²) in [4.78, 5) is 26.0. The Morgan fingerprint density at radius 2 is 1.68 bits per heavy atom. The average molecular weight is 379 g/mol. The number of likely N-dealkylation sites (tertiary alicyclic amines) is 1. The fraction of sp³-hybridized carbons (Fsp3) is 0.364. The molecule has 2 aromatic carbocycles. The van der Waals surface area contributed by atoms with Gasteiger partial charge in [-0.2, -0.15) is 0 Å². The van der Waals surface area contributed by atoms with Crippen molar-refractivity contribution in [2.75, 3.05) is 26.4 Å². The zero-order chi connectivity index (χ0) is 19.3. The Hall–Kier alpha value is -2.86. The smallest absolute Gasteiger partial charge is 0.410 e. The molecule has 2 aromatic rings. The molecule has 1 atom stereocenters. The van der Waals surface area contributed by atoms with Crippen LogP contribution in [0.15, 0.2) is 48.5 Å². The van der Waals surface area contributed by atoms with E-state index in [0.717, 1.165) is 11.1 Å². The number of nitrogens with zero attached hydrogens (tertiary/aromatic N) is 1. The van der Waals surface area contributed by atoms with Crippen LogP contribution in [0.3, 0.4) is 0 Å². The third-order valence-corrected chi connectivity index (χ3v) is 6.39. The van der Waals surface area contributed by atoms with Gasteiger partial charge >= 0.3 is 12.1 Å². The first-order valence-corrected chi connectivity index (χ1v) is 9.55. The van der Waals surface area contributed by atoms with E-state index in [1.807, 2.05) is 24.3 Å². The molecule has 1 unspecified atom stereocenters. The molecule has 6 heteroatoms. The third-order valence-electron chi connectivity index (χ3n) is 6.39. The summed E-state index contributed by atoms with van der Waals surface area (Å²) in [7, 11) is 0. The fourth-order valence-corrected chi connectivity index (χ4v) is 4.90. The topological polar surface area (TPSA) is 76.1 Å². The van der Waals surface area contributed by atoms with Crippen LogP contribution in [-0.4, -0.2) is 54.0 Å². The summed E-state index contributed by atoms with van der Waals surface area (Å²) >= 11 is 0. The summed E-state index contributed by atoms with van der Waals surface area (Å²) in [6, 6.07) is 16.4. The Balaban J connectivity index is 1.36. The molecular weight excluding hydrogens is 358 g/mol. The van der Waals surface area contributed by atoms with E-state index >= 15 is 0 Å². The van der Waals surface area contributed by atoms with E-state index in [4.69, 9.17) is 9.47 Å². The van der Waals surface area contributed by atoms with Crippen LogP contribution in [0, 0.1) is 5.92 Å². The Bertz CT molecular complexity index is 906. The molecule has 2 saturated heterocycles. The van der Waals surface area contributed by atoms with Gasteiger partial charge in [0.25, 0.3) is 0 Å². The van der Waals surface area contributed by atoms with Gasteiger partial charge < -0.3 is 14.6 Å². The second kappa shape index (κ2) is 6.34. The maximum absolute atomic E-state index is 12.9. The summed E-state index contributed by atoms with van der Waals surface area (Å²) in [5.74, 6) is -1.48. The second-order valence-corrected chi connectivity index (χ2v) is 7.73. The van der Waals surface area contributed by atoms with Gasteiger partial charge in [0.2, 0.25) is 0 Å². The summed E-state index contributed by atoms with van der Waals surface area (Å²) in [5.41, 5.74) is 3.91. The number of carboxylic acids is 1. The van der Waals surface area contributed by atoms with E-state index in [-0.39, 0.29) is 25.7 Å². The van der Waals surface area contributed by atoms with Crippen LogP contribution < -0.4 is 0 Å². The first-order valence-electron chi connectivity index (χ1n) is 9.55. The zero-order valence-corrected chi connectivity index (χ0v) is 15.3. The largest absolute Gasteiger partial charge is 0.481 e. The molecule has 0 saturated carbocycles. The van der Waals surface area contributed by atoms with Gasteiger partial charge in [-0.25, -0.2) is 4.79 Å². The predicted octanol–water partition coefficient (Wildman–Crippen LogP) is 3.11.